The summed E-state index contributed by atoms with van der Waals surface area (Å²) < 4.78 is 44.8. The molecule has 1 aliphatic rings. The Balaban J connectivity index is 1.68. The highest BCUT2D eigenvalue weighted by molar-refractivity contribution is 6.01. The third-order valence-electron chi connectivity index (χ3n) is 5.73. The summed E-state index contributed by atoms with van der Waals surface area (Å²) in [5.74, 6) is -0.664. The Bertz CT molecular complexity index is 1210. The second kappa shape index (κ2) is 8.18. The van der Waals surface area contributed by atoms with Crippen molar-refractivity contribution < 1.29 is 27.5 Å². The van der Waals surface area contributed by atoms with Crippen LogP contribution in [-0.2, 0) is 11.0 Å². The van der Waals surface area contributed by atoms with Gasteiger partial charge in [0.25, 0.3) is 5.91 Å². The minimum absolute atomic E-state index is 0.116. The molecule has 0 spiro atoms. The topological polar surface area (TPSA) is 72.6 Å². The zero-order valence-corrected chi connectivity index (χ0v) is 17.3. The Kier molecular flexibility index (Phi) is 5.54. The minimum Gasteiger partial charge on any atom is -0.497 e. The van der Waals surface area contributed by atoms with Gasteiger partial charge in [-0.3, -0.25) is 9.59 Å². The molecule has 2 amide bonds. The first-order chi connectivity index (χ1) is 15.2. The number of ether oxygens (including phenoxy) is 1. The molecular formula is C24H21F3N2O3. The van der Waals surface area contributed by atoms with Crippen molar-refractivity contribution in [1.82, 2.24) is 4.90 Å². The third-order valence-corrected chi connectivity index (χ3v) is 5.73. The molecule has 32 heavy (non-hydrogen) atoms. The molecule has 166 valence electrons. The smallest absolute Gasteiger partial charge is 0.416 e. The Hall–Kier alpha value is -3.55. The Labute approximate surface area is 182 Å². The average Bonchev–Trinajstić information content (AvgIpc) is 3.27. The number of nitrogens with two attached hydrogens (primary N) is 1. The van der Waals surface area contributed by atoms with Gasteiger partial charge in [-0.15, -0.1) is 0 Å². The highest BCUT2D eigenvalue weighted by Crippen LogP contribution is 2.36. The van der Waals surface area contributed by atoms with Crippen molar-refractivity contribution in [1.29, 1.82) is 0 Å². The molecule has 2 N–H and O–H groups in total. The van der Waals surface area contributed by atoms with E-state index in [0.717, 1.165) is 29.3 Å². The number of benzene rings is 3. The monoisotopic (exact) mass is 442 g/mol. The van der Waals surface area contributed by atoms with Gasteiger partial charge in [-0.1, -0.05) is 18.2 Å². The van der Waals surface area contributed by atoms with Crippen molar-refractivity contribution in [3.8, 4) is 16.9 Å². The van der Waals surface area contributed by atoms with Gasteiger partial charge in [0.05, 0.1) is 12.7 Å². The van der Waals surface area contributed by atoms with Gasteiger partial charge in [0.15, 0.2) is 0 Å². The molecule has 3 aromatic carbocycles. The van der Waals surface area contributed by atoms with Crippen LogP contribution in [0.2, 0.25) is 0 Å². The molecule has 1 fully saturated rings. The summed E-state index contributed by atoms with van der Waals surface area (Å²) in [6, 6.07) is 13.3. The maximum atomic E-state index is 13.3. The SMILES string of the molecule is COc1cc(-c2ccc3cc(C(=O)N4CCC[C@@H]4C(N)=O)ccc3c2)cc(C(F)(F)F)c1. The number of carbonyl (C=O) groups excluding carboxylic acids is 2. The number of carbonyl (C=O) groups is 2. The van der Waals surface area contributed by atoms with Crippen molar-refractivity contribution >= 4 is 22.6 Å². The Morgan fingerprint density at radius 2 is 1.72 bits per heavy atom. The molecule has 5 nitrogen and oxygen atoms in total. The van der Waals surface area contributed by atoms with Gasteiger partial charge in [-0.25, -0.2) is 0 Å². The lowest BCUT2D eigenvalue weighted by Gasteiger charge is -2.22. The van der Waals surface area contributed by atoms with Crippen molar-refractivity contribution in [3.63, 3.8) is 0 Å². The van der Waals surface area contributed by atoms with Gasteiger partial charge in [0.2, 0.25) is 5.91 Å². The zero-order valence-electron chi connectivity index (χ0n) is 17.3. The number of primary amides is 1. The fourth-order valence-corrected chi connectivity index (χ4v) is 4.08. The molecule has 1 saturated heterocycles. The van der Waals surface area contributed by atoms with Crippen LogP contribution in [0.15, 0.2) is 54.6 Å². The summed E-state index contributed by atoms with van der Waals surface area (Å²) in [6.07, 6.45) is -3.22. The first-order valence-corrected chi connectivity index (χ1v) is 10.1. The summed E-state index contributed by atoms with van der Waals surface area (Å²) >= 11 is 0. The van der Waals surface area contributed by atoms with Gasteiger partial charge < -0.3 is 15.4 Å². The van der Waals surface area contributed by atoms with E-state index in [0.29, 0.717) is 29.7 Å². The fourth-order valence-electron chi connectivity index (χ4n) is 4.08. The molecule has 1 atom stereocenters. The lowest BCUT2D eigenvalue weighted by Crippen LogP contribution is -2.43. The first kappa shape index (κ1) is 21.7. The molecule has 1 heterocycles. The molecular weight excluding hydrogens is 421 g/mol. The van der Waals surface area contributed by atoms with Crippen molar-refractivity contribution in [2.75, 3.05) is 13.7 Å². The summed E-state index contributed by atoms with van der Waals surface area (Å²) in [5.41, 5.74) is 6.02. The van der Waals surface area contributed by atoms with E-state index in [4.69, 9.17) is 10.5 Å². The lowest BCUT2D eigenvalue weighted by atomic mass is 9.98. The highest BCUT2D eigenvalue weighted by Gasteiger charge is 2.33. The van der Waals surface area contributed by atoms with E-state index in [1.165, 1.54) is 12.0 Å². The predicted molar refractivity (Wildman–Crippen MR) is 114 cm³/mol. The molecule has 0 aromatic heterocycles. The second-order valence-electron chi connectivity index (χ2n) is 7.78. The van der Waals surface area contributed by atoms with Crippen LogP contribution in [0.25, 0.3) is 21.9 Å². The van der Waals surface area contributed by atoms with Crippen LogP contribution in [0.4, 0.5) is 13.2 Å². The maximum Gasteiger partial charge on any atom is 0.416 e. The summed E-state index contributed by atoms with van der Waals surface area (Å²) in [6.45, 7) is 0.473. The van der Waals surface area contributed by atoms with E-state index >= 15 is 0 Å². The number of likely N-dealkylation sites (tertiary alicyclic amines) is 1. The average molecular weight is 442 g/mol. The molecule has 0 bridgehead atoms. The molecule has 0 saturated carbocycles. The van der Waals surface area contributed by atoms with E-state index in [2.05, 4.69) is 0 Å². The van der Waals surface area contributed by atoms with E-state index < -0.39 is 23.7 Å². The number of amides is 2. The number of alkyl halides is 3. The fraction of sp³-hybridized carbons (Fsp3) is 0.250. The van der Waals surface area contributed by atoms with Crippen molar-refractivity contribution in [2.24, 2.45) is 5.73 Å². The molecule has 0 radical (unpaired) electrons. The maximum absolute atomic E-state index is 13.3. The zero-order chi connectivity index (χ0) is 23.0. The van der Waals surface area contributed by atoms with Gasteiger partial charge in [0, 0.05) is 12.1 Å². The number of fused-ring (bicyclic) bond motifs is 1. The normalized spacial score (nSPS) is 16.4. The Morgan fingerprint density at radius 1 is 1.00 bits per heavy atom. The van der Waals surface area contributed by atoms with Crippen molar-refractivity contribution in [3.05, 3.63) is 65.7 Å². The highest BCUT2D eigenvalue weighted by atomic mass is 19.4. The molecule has 1 aliphatic heterocycles. The van der Waals surface area contributed by atoms with Crippen molar-refractivity contribution in [2.45, 2.75) is 25.1 Å². The minimum atomic E-state index is -4.49. The molecule has 0 unspecified atom stereocenters. The molecule has 3 aromatic rings. The number of nitrogens with zero attached hydrogens (tertiary/aromatic N) is 1. The quantitative estimate of drug-likeness (QED) is 0.641. The standard InChI is InChI=1S/C24H21F3N2O3/c1-32-20-12-18(11-19(13-20)24(25,26)27)16-5-4-15-10-17(7-6-14(15)9-16)23(31)29-8-2-3-21(29)22(28)30/h4-7,9-13,21H,2-3,8H2,1H3,(H2,28,30)/t21-/m1/s1. The number of hydrogen-bond acceptors (Lipinski definition) is 3. The third kappa shape index (κ3) is 4.12. The van der Waals surface area contributed by atoms with Gasteiger partial charge >= 0.3 is 6.18 Å². The summed E-state index contributed by atoms with van der Waals surface area (Å²) in [4.78, 5) is 26.0. The van der Waals surface area contributed by atoms with Gasteiger partial charge in [-0.05, 0) is 71.1 Å². The van der Waals surface area contributed by atoms with Crippen LogP contribution >= 0.6 is 0 Å². The predicted octanol–water partition coefficient (Wildman–Crippen LogP) is 4.62. The molecule has 4 rings (SSSR count). The second-order valence-corrected chi connectivity index (χ2v) is 7.78. The number of hydrogen-bond donors (Lipinski definition) is 1. The van der Waals surface area contributed by atoms with E-state index in [1.807, 2.05) is 0 Å². The number of rotatable bonds is 4. The van der Waals surface area contributed by atoms with E-state index in [1.54, 1.807) is 42.5 Å². The van der Waals surface area contributed by atoms with E-state index in [9.17, 15) is 22.8 Å². The number of halogens is 3. The van der Waals surface area contributed by atoms with Crippen LogP contribution in [0, 0.1) is 0 Å². The van der Waals surface area contributed by atoms with Crippen LogP contribution in [0.5, 0.6) is 5.75 Å². The van der Waals surface area contributed by atoms with Crippen LogP contribution in [0.1, 0.15) is 28.8 Å². The van der Waals surface area contributed by atoms with Crippen LogP contribution in [0.3, 0.4) is 0 Å². The van der Waals surface area contributed by atoms with Gasteiger partial charge in [-0.2, -0.15) is 13.2 Å². The molecule has 0 aliphatic carbocycles. The van der Waals surface area contributed by atoms with Gasteiger partial charge in [0.1, 0.15) is 11.8 Å². The lowest BCUT2D eigenvalue weighted by molar-refractivity contribution is -0.137. The molecule has 8 heteroatoms. The summed E-state index contributed by atoms with van der Waals surface area (Å²) in [7, 11) is 1.32. The van der Waals surface area contributed by atoms with Crippen LogP contribution < -0.4 is 10.5 Å². The number of methoxy groups -OCH3 is 1. The summed E-state index contributed by atoms with van der Waals surface area (Å²) in [5, 5.41) is 1.52. The Morgan fingerprint density at radius 3 is 2.41 bits per heavy atom. The van der Waals surface area contributed by atoms with E-state index in [-0.39, 0.29) is 11.7 Å². The first-order valence-electron chi connectivity index (χ1n) is 10.1. The van der Waals surface area contributed by atoms with Crippen LogP contribution in [-0.4, -0.2) is 36.4 Å². The largest absolute Gasteiger partial charge is 0.497 e.